The van der Waals surface area contributed by atoms with E-state index in [0.29, 0.717) is 43.6 Å². The van der Waals surface area contributed by atoms with Gasteiger partial charge in [-0.2, -0.15) is 4.98 Å². The van der Waals surface area contributed by atoms with Gasteiger partial charge in [0.15, 0.2) is 5.82 Å². The molecule has 1 aliphatic rings. The van der Waals surface area contributed by atoms with Gasteiger partial charge in [-0.3, -0.25) is 4.57 Å². The first-order chi connectivity index (χ1) is 14.9. The Bertz CT molecular complexity index is 1010. The minimum Gasteiger partial charge on any atom is -0.463 e. The number of aliphatic hydroxyl groups excluding tert-OH is 1. The summed E-state index contributed by atoms with van der Waals surface area (Å²) in [6.07, 6.45) is 3.06. The quantitative estimate of drug-likeness (QED) is 0.548. The van der Waals surface area contributed by atoms with Crippen LogP contribution in [0.3, 0.4) is 0 Å². The van der Waals surface area contributed by atoms with E-state index in [9.17, 15) is 4.39 Å². The SMILES string of the molecule is CC1(N)COC(c2nc(-c3ccc(F)cc3)cn2-c2ccnc(OCCCO)n2)OC1. The summed E-state index contributed by atoms with van der Waals surface area (Å²) in [5, 5.41) is 8.93. The molecule has 4 rings (SSSR count). The lowest BCUT2D eigenvalue weighted by Gasteiger charge is -2.34. The van der Waals surface area contributed by atoms with E-state index in [2.05, 4.69) is 15.0 Å². The van der Waals surface area contributed by atoms with Crippen LogP contribution in [-0.2, 0) is 9.47 Å². The lowest BCUT2D eigenvalue weighted by molar-refractivity contribution is -0.212. The van der Waals surface area contributed by atoms with Crippen molar-refractivity contribution in [2.24, 2.45) is 5.73 Å². The lowest BCUT2D eigenvalue weighted by Crippen LogP contribution is -2.50. The Labute approximate surface area is 178 Å². The average molecular weight is 429 g/mol. The summed E-state index contributed by atoms with van der Waals surface area (Å²) in [5.41, 5.74) is 6.83. The first kappa shape index (κ1) is 21.3. The molecule has 2 aromatic heterocycles. The van der Waals surface area contributed by atoms with Gasteiger partial charge < -0.3 is 25.1 Å². The maximum atomic E-state index is 13.4. The Balaban J connectivity index is 1.70. The summed E-state index contributed by atoms with van der Waals surface area (Å²) in [6.45, 7) is 2.76. The van der Waals surface area contributed by atoms with Gasteiger partial charge in [0, 0.05) is 37.1 Å². The molecule has 0 radical (unpaired) electrons. The van der Waals surface area contributed by atoms with Crippen molar-refractivity contribution in [3.8, 4) is 23.1 Å². The van der Waals surface area contributed by atoms with Gasteiger partial charge in [0.2, 0.25) is 6.29 Å². The number of halogens is 1. The van der Waals surface area contributed by atoms with Gasteiger partial charge in [0.05, 0.1) is 31.1 Å². The minimum absolute atomic E-state index is 0.0167. The number of nitrogens with two attached hydrogens (primary N) is 1. The Morgan fingerprint density at radius 3 is 2.68 bits per heavy atom. The molecule has 3 heterocycles. The zero-order valence-corrected chi connectivity index (χ0v) is 17.1. The molecule has 0 saturated carbocycles. The Morgan fingerprint density at radius 2 is 1.97 bits per heavy atom. The summed E-state index contributed by atoms with van der Waals surface area (Å²) in [4.78, 5) is 13.2. The molecule has 9 nitrogen and oxygen atoms in total. The first-order valence-electron chi connectivity index (χ1n) is 9.89. The van der Waals surface area contributed by atoms with Crippen molar-refractivity contribution >= 4 is 0 Å². The maximum Gasteiger partial charge on any atom is 0.318 e. The van der Waals surface area contributed by atoms with E-state index < -0.39 is 11.8 Å². The second-order valence-electron chi connectivity index (χ2n) is 7.59. The molecule has 0 unspecified atom stereocenters. The molecule has 1 saturated heterocycles. The summed E-state index contributed by atoms with van der Waals surface area (Å²) in [5.74, 6) is 0.637. The van der Waals surface area contributed by atoms with Crippen molar-refractivity contribution in [3.63, 3.8) is 0 Å². The van der Waals surface area contributed by atoms with Gasteiger partial charge in [-0.1, -0.05) is 0 Å². The molecule has 31 heavy (non-hydrogen) atoms. The zero-order chi connectivity index (χ0) is 21.8. The van der Waals surface area contributed by atoms with Crippen LogP contribution in [0.15, 0.2) is 42.7 Å². The molecule has 1 aliphatic heterocycles. The fourth-order valence-corrected chi connectivity index (χ4v) is 3.04. The van der Waals surface area contributed by atoms with E-state index in [-0.39, 0.29) is 18.4 Å². The number of rotatable bonds is 7. The van der Waals surface area contributed by atoms with Gasteiger partial charge in [-0.25, -0.2) is 14.4 Å². The first-order valence-corrected chi connectivity index (χ1v) is 9.89. The molecular weight excluding hydrogens is 405 g/mol. The van der Waals surface area contributed by atoms with Crippen LogP contribution in [0, 0.1) is 5.82 Å². The molecule has 1 aromatic carbocycles. The van der Waals surface area contributed by atoms with Gasteiger partial charge in [-0.15, -0.1) is 0 Å². The summed E-state index contributed by atoms with van der Waals surface area (Å²) >= 11 is 0. The molecule has 3 aromatic rings. The smallest absolute Gasteiger partial charge is 0.318 e. The van der Waals surface area contributed by atoms with E-state index in [1.54, 1.807) is 35.2 Å². The third-order valence-electron chi connectivity index (χ3n) is 4.61. The third kappa shape index (κ3) is 5.05. The number of benzene rings is 1. The molecule has 0 aliphatic carbocycles. The number of ether oxygens (including phenoxy) is 3. The van der Waals surface area contributed by atoms with Crippen molar-refractivity contribution in [1.29, 1.82) is 0 Å². The normalized spacial score (nSPS) is 21.2. The molecule has 3 N–H and O–H groups in total. The molecular formula is C21H24FN5O4. The molecule has 0 bridgehead atoms. The fraction of sp³-hybridized carbons (Fsp3) is 0.381. The van der Waals surface area contributed by atoms with E-state index in [4.69, 9.17) is 25.1 Å². The molecule has 164 valence electrons. The van der Waals surface area contributed by atoms with E-state index in [1.807, 2.05) is 6.92 Å². The standard InChI is InChI=1S/C21H24FN5O4/c1-21(23)12-30-19(31-13-21)18-25-16(14-3-5-15(22)6-4-14)11-27(18)17-7-8-24-20(26-17)29-10-2-9-28/h3-8,11,19,28H,2,9-10,12-13,23H2,1H3. The van der Waals surface area contributed by atoms with E-state index >= 15 is 0 Å². The molecule has 0 amide bonds. The number of hydrogen-bond acceptors (Lipinski definition) is 8. The fourth-order valence-electron chi connectivity index (χ4n) is 3.04. The van der Waals surface area contributed by atoms with Crippen LogP contribution in [0.1, 0.15) is 25.5 Å². The van der Waals surface area contributed by atoms with Crippen molar-refractivity contribution < 1.29 is 23.7 Å². The number of hydrogen-bond donors (Lipinski definition) is 2. The van der Waals surface area contributed by atoms with Gasteiger partial charge in [0.1, 0.15) is 11.6 Å². The molecule has 0 spiro atoms. The Kier molecular flexibility index (Phi) is 6.23. The largest absolute Gasteiger partial charge is 0.463 e. The highest BCUT2D eigenvalue weighted by Gasteiger charge is 2.33. The highest BCUT2D eigenvalue weighted by atomic mass is 19.1. The van der Waals surface area contributed by atoms with E-state index in [0.717, 1.165) is 5.56 Å². The summed E-state index contributed by atoms with van der Waals surface area (Å²) < 4.78 is 32.2. The predicted octanol–water partition coefficient (Wildman–Crippen LogP) is 1.99. The molecule has 10 heteroatoms. The van der Waals surface area contributed by atoms with Crippen LogP contribution in [-0.4, -0.2) is 56.6 Å². The van der Waals surface area contributed by atoms with Crippen LogP contribution in [0.5, 0.6) is 6.01 Å². The lowest BCUT2D eigenvalue weighted by atomic mass is 10.1. The predicted molar refractivity (Wildman–Crippen MR) is 109 cm³/mol. The van der Waals surface area contributed by atoms with Crippen LogP contribution >= 0.6 is 0 Å². The summed E-state index contributed by atoms with van der Waals surface area (Å²) in [6, 6.07) is 7.92. The Morgan fingerprint density at radius 1 is 1.23 bits per heavy atom. The highest BCUT2D eigenvalue weighted by molar-refractivity contribution is 5.59. The van der Waals surface area contributed by atoms with E-state index in [1.165, 1.54) is 12.1 Å². The molecule has 1 fully saturated rings. The average Bonchev–Trinajstić information content (AvgIpc) is 3.20. The number of aromatic nitrogens is 4. The topological polar surface area (TPSA) is 118 Å². The number of aliphatic hydroxyl groups is 1. The van der Waals surface area contributed by atoms with Gasteiger partial charge in [0.25, 0.3) is 0 Å². The second-order valence-corrected chi connectivity index (χ2v) is 7.59. The van der Waals surface area contributed by atoms with Crippen molar-refractivity contribution in [2.45, 2.75) is 25.2 Å². The second kappa shape index (κ2) is 9.06. The van der Waals surface area contributed by atoms with Crippen LogP contribution < -0.4 is 10.5 Å². The van der Waals surface area contributed by atoms with Crippen LogP contribution in [0.4, 0.5) is 4.39 Å². The van der Waals surface area contributed by atoms with Gasteiger partial charge >= 0.3 is 6.01 Å². The summed E-state index contributed by atoms with van der Waals surface area (Å²) in [7, 11) is 0. The van der Waals surface area contributed by atoms with Crippen molar-refractivity contribution in [1.82, 2.24) is 19.5 Å². The molecule has 0 atom stereocenters. The highest BCUT2D eigenvalue weighted by Crippen LogP contribution is 2.30. The zero-order valence-electron chi connectivity index (χ0n) is 17.1. The number of nitrogens with zero attached hydrogens (tertiary/aromatic N) is 4. The Hall–Kier alpha value is -2.92. The minimum atomic E-state index is -0.750. The monoisotopic (exact) mass is 429 g/mol. The van der Waals surface area contributed by atoms with Crippen molar-refractivity contribution in [3.05, 3.63) is 54.4 Å². The van der Waals surface area contributed by atoms with Crippen molar-refractivity contribution in [2.75, 3.05) is 26.4 Å². The van der Waals surface area contributed by atoms with Crippen LogP contribution in [0.2, 0.25) is 0 Å². The van der Waals surface area contributed by atoms with Crippen LogP contribution in [0.25, 0.3) is 17.1 Å². The number of imidazole rings is 1. The van der Waals surface area contributed by atoms with Gasteiger partial charge in [-0.05, 0) is 31.2 Å². The third-order valence-corrected chi connectivity index (χ3v) is 4.61. The maximum absolute atomic E-state index is 13.4.